The van der Waals surface area contributed by atoms with Crippen molar-refractivity contribution in [1.29, 1.82) is 0 Å². The molecule has 1 fully saturated rings. The van der Waals surface area contributed by atoms with Crippen molar-refractivity contribution >= 4 is 18.3 Å². The van der Waals surface area contributed by atoms with Crippen molar-refractivity contribution in [3.8, 4) is 5.75 Å². The standard InChI is InChI=1S/C17H23F3N2O2.ClH/c1-2-12(11-22-15(23)16(21)9-5-6-10-16)24-14-8-4-3-7-13(14)17(18,19)20;/h3-4,7-8,12H,2,5-6,9-11,21H2,1H3,(H,22,23);1H. The number of nitrogens with two attached hydrogens (primary N) is 1. The van der Waals surface area contributed by atoms with E-state index in [1.807, 2.05) is 0 Å². The third kappa shape index (κ3) is 5.51. The van der Waals surface area contributed by atoms with Crippen LogP contribution in [0.3, 0.4) is 0 Å². The minimum Gasteiger partial charge on any atom is -0.488 e. The molecule has 1 aliphatic rings. The van der Waals surface area contributed by atoms with Crippen LogP contribution in [0.25, 0.3) is 0 Å². The van der Waals surface area contributed by atoms with Crippen LogP contribution in [0.1, 0.15) is 44.6 Å². The molecular weight excluding hydrogens is 357 g/mol. The molecule has 1 amide bonds. The van der Waals surface area contributed by atoms with E-state index in [2.05, 4.69) is 5.32 Å². The van der Waals surface area contributed by atoms with Crippen molar-refractivity contribution in [1.82, 2.24) is 5.32 Å². The molecule has 0 radical (unpaired) electrons. The summed E-state index contributed by atoms with van der Waals surface area (Å²) in [6, 6.07) is 5.07. The Morgan fingerprint density at radius 1 is 1.32 bits per heavy atom. The molecule has 0 saturated heterocycles. The minimum absolute atomic E-state index is 0. The first-order valence-corrected chi connectivity index (χ1v) is 8.16. The Labute approximate surface area is 151 Å². The molecule has 142 valence electrons. The minimum atomic E-state index is -4.48. The van der Waals surface area contributed by atoms with Gasteiger partial charge in [-0.15, -0.1) is 12.4 Å². The number of alkyl halides is 3. The molecule has 0 aromatic heterocycles. The number of carbonyl (C=O) groups excluding carboxylic acids is 1. The molecule has 1 aliphatic carbocycles. The summed E-state index contributed by atoms with van der Waals surface area (Å²) in [5.74, 6) is -0.486. The first-order valence-electron chi connectivity index (χ1n) is 8.16. The molecule has 0 spiro atoms. The van der Waals surface area contributed by atoms with Gasteiger partial charge in [0.15, 0.2) is 0 Å². The van der Waals surface area contributed by atoms with Crippen molar-refractivity contribution in [3.05, 3.63) is 29.8 Å². The Morgan fingerprint density at radius 2 is 1.92 bits per heavy atom. The van der Waals surface area contributed by atoms with Crippen molar-refractivity contribution in [2.24, 2.45) is 5.73 Å². The van der Waals surface area contributed by atoms with E-state index >= 15 is 0 Å². The summed E-state index contributed by atoms with van der Waals surface area (Å²) in [6.45, 7) is 1.92. The summed E-state index contributed by atoms with van der Waals surface area (Å²) < 4.78 is 44.5. The average molecular weight is 381 g/mol. The highest BCUT2D eigenvalue weighted by Crippen LogP contribution is 2.36. The van der Waals surface area contributed by atoms with Crippen LogP contribution in [0.15, 0.2) is 24.3 Å². The Hall–Kier alpha value is -1.47. The molecule has 2 rings (SSSR count). The van der Waals surface area contributed by atoms with Gasteiger partial charge in [-0.05, 0) is 31.4 Å². The molecule has 1 unspecified atom stereocenters. The Balaban J connectivity index is 0.00000312. The first-order chi connectivity index (χ1) is 11.3. The molecular formula is C17H24ClF3N2O2. The van der Waals surface area contributed by atoms with Gasteiger partial charge in [0, 0.05) is 0 Å². The van der Waals surface area contributed by atoms with Gasteiger partial charge in [-0.1, -0.05) is 31.9 Å². The van der Waals surface area contributed by atoms with E-state index in [1.165, 1.54) is 18.2 Å². The third-order valence-corrected chi connectivity index (χ3v) is 4.38. The van der Waals surface area contributed by atoms with E-state index in [1.54, 1.807) is 6.92 Å². The maximum Gasteiger partial charge on any atom is 0.419 e. The fourth-order valence-corrected chi connectivity index (χ4v) is 2.87. The van der Waals surface area contributed by atoms with Crippen molar-refractivity contribution in [2.75, 3.05) is 6.54 Å². The summed E-state index contributed by atoms with van der Waals surface area (Å²) >= 11 is 0. The van der Waals surface area contributed by atoms with Gasteiger partial charge in [-0.3, -0.25) is 4.79 Å². The summed E-state index contributed by atoms with van der Waals surface area (Å²) in [4.78, 5) is 12.2. The zero-order valence-electron chi connectivity index (χ0n) is 14.1. The summed E-state index contributed by atoms with van der Waals surface area (Å²) in [6.07, 6.45) is -1.48. The van der Waals surface area contributed by atoms with Gasteiger partial charge in [0.25, 0.3) is 0 Å². The van der Waals surface area contributed by atoms with E-state index in [0.29, 0.717) is 19.3 Å². The van der Waals surface area contributed by atoms with Gasteiger partial charge in [0.05, 0.1) is 17.6 Å². The van der Waals surface area contributed by atoms with Gasteiger partial charge in [0.2, 0.25) is 5.91 Å². The topological polar surface area (TPSA) is 64.4 Å². The quantitative estimate of drug-likeness (QED) is 0.791. The van der Waals surface area contributed by atoms with Crippen LogP contribution in [0.2, 0.25) is 0 Å². The molecule has 1 aromatic carbocycles. The lowest BCUT2D eigenvalue weighted by molar-refractivity contribution is -0.139. The van der Waals surface area contributed by atoms with Crippen molar-refractivity contribution < 1.29 is 22.7 Å². The lowest BCUT2D eigenvalue weighted by atomic mass is 9.98. The Morgan fingerprint density at radius 3 is 2.48 bits per heavy atom. The maximum atomic E-state index is 13.0. The van der Waals surface area contributed by atoms with Crippen LogP contribution in [0.4, 0.5) is 13.2 Å². The zero-order chi connectivity index (χ0) is 17.8. The van der Waals surface area contributed by atoms with Crippen molar-refractivity contribution in [2.45, 2.75) is 56.8 Å². The fourth-order valence-electron chi connectivity index (χ4n) is 2.87. The molecule has 1 aromatic rings. The van der Waals surface area contributed by atoms with Gasteiger partial charge in [0.1, 0.15) is 11.9 Å². The number of ether oxygens (including phenoxy) is 1. The third-order valence-electron chi connectivity index (χ3n) is 4.38. The first kappa shape index (κ1) is 21.6. The molecule has 25 heavy (non-hydrogen) atoms. The number of para-hydroxylation sites is 1. The number of hydrogen-bond donors (Lipinski definition) is 2. The molecule has 0 bridgehead atoms. The normalized spacial score (nSPS) is 17.5. The molecule has 8 heteroatoms. The summed E-state index contributed by atoms with van der Waals surface area (Å²) in [5.41, 5.74) is 4.38. The summed E-state index contributed by atoms with van der Waals surface area (Å²) in [5, 5.41) is 2.72. The highest BCUT2D eigenvalue weighted by molar-refractivity contribution is 5.86. The maximum absolute atomic E-state index is 13.0. The lowest BCUT2D eigenvalue weighted by Crippen LogP contribution is -2.53. The number of rotatable bonds is 6. The molecule has 0 heterocycles. The SMILES string of the molecule is CCC(CNC(=O)C1(N)CCCC1)Oc1ccccc1C(F)(F)F.Cl. The van der Waals surface area contributed by atoms with Gasteiger partial charge in [-0.25, -0.2) is 0 Å². The van der Waals surface area contributed by atoms with E-state index in [9.17, 15) is 18.0 Å². The monoisotopic (exact) mass is 380 g/mol. The zero-order valence-corrected chi connectivity index (χ0v) is 14.9. The van der Waals surface area contributed by atoms with Crippen molar-refractivity contribution in [3.63, 3.8) is 0 Å². The van der Waals surface area contributed by atoms with E-state index in [4.69, 9.17) is 10.5 Å². The number of amides is 1. The van der Waals surface area contributed by atoms with Crippen LogP contribution >= 0.6 is 12.4 Å². The molecule has 1 saturated carbocycles. The predicted octanol–water partition coefficient (Wildman–Crippen LogP) is 3.67. The predicted molar refractivity (Wildman–Crippen MR) is 91.8 cm³/mol. The Kier molecular flexibility index (Phi) is 7.56. The van der Waals surface area contributed by atoms with Crippen LogP contribution in [0, 0.1) is 0 Å². The van der Waals surface area contributed by atoms with Crippen LogP contribution in [-0.2, 0) is 11.0 Å². The van der Waals surface area contributed by atoms with E-state index < -0.39 is 23.4 Å². The number of benzene rings is 1. The number of carbonyl (C=O) groups is 1. The lowest BCUT2D eigenvalue weighted by Gasteiger charge is -2.25. The largest absolute Gasteiger partial charge is 0.488 e. The number of halogens is 4. The second-order valence-corrected chi connectivity index (χ2v) is 6.22. The van der Waals surface area contributed by atoms with Crippen LogP contribution in [-0.4, -0.2) is 24.1 Å². The molecule has 3 N–H and O–H groups in total. The second kappa shape index (κ2) is 8.76. The average Bonchev–Trinajstić information content (AvgIpc) is 2.98. The number of nitrogens with one attached hydrogen (secondary N) is 1. The highest BCUT2D eigenvalue weighted by Gasteiger charge is 2.37. The fraction of sp³-hybridized carbons (Fsp3) is 0.588. The molecule has 4 nitrogen and oxygen atoms in total. The molecule has 0 aliphatic heterocycles. The van der Waals surface area contributed by atoms with Gasteiger partial charge < -0.3 is 15.8 Å². The van der Waals surface area contributed by atoms with E-state index in [0.717, 1.165) is 18.9 Å². The summed E-state index contributed by atoms with van der Waals surface area (Å²) in [7, 11) is 0. The van der Waals surface area contributed by atoms with Gasteiger partial charge in [-0.2, -0.15) is 13.2 Å². The molecule has 1 atom stereocenters. The smallest absolute Gasteiger partial charge is 0.419 e. The van der Waals surface area contributed by atoms with Gasteiger partial charge >= 0.3 is 6.18 Å². The number of hydrogen-bond acceptors (Lipinski definition) is 3. The second-order valence-electron chi connectivity index (χ2n) is 6.22. The Bertz CT molecular complexity index is 575. The van der Waals surface area contributed by atoms with Crippen LogP contribution in [0.5, 0.6) is 5.75 Å². The van der Waals surface area contributed by atoms with E-state index in [-0.39, 0.29) is 30.6 Å². The van der Waals surface area contributed by atoms with Crippen LogP contribution < -0.4 is 15.8 Å². The highest BCUT2D eigenvalue weighted by atomic mass is 35.5.